The second-order valence-corrected chi connectivity index (χ2v) is 4.29. The molecular weight excluding hydrogens is 207 g/mol. The van der Waals surface area contributed by atoms with Gasteiger partial charge in [-0.05, 0) is 18.2 Å². The number of hydrogen-bond acceptors (Lipinski definition) is 3. The third-order valence-electron chi connectivity index (χ3n) is 3.04. The first-order chi connectivity index (χ1) is 7.81. The minimum atomic E-state index is -0.190. The van der Waals surface area contributed by atoms with Gasteiger partial charge in [0.25, 0.3) is 0 Å². The first kappa shape index (κ1) is 9.63. The van der Waals surface area contributed by atoms with E-state index in [2.05, 4.69) is 10.3 Å². The van der Waals surface area contributed by atoms with Gasteiger partial charge >= 0.3 is 0 Å². The van der Waals surface area contributed by atoms with E-state index in [1.54, 1.807) is 18.5 Å². The fourth-order valence-electron chi connectivity index (χ4n) is 2.27. The van der Waals surface area contributed by atoms with E-state index >= 15 is 0 Å². The smallest absolute Gasteiger partial charge is 0.123 e. The molecule has 16 heavy (non-hydrogen) atoms. The molecule has 1 aromatic carbocycles. The molecule has 2 aliphatic rings. The van der Waals surface area contributed by atoms with Gasteiger partial charge in [-0.1, -0.05) is 0 Å². The van der Waals surface area contributed by atoms with E-state index in [9.17, 15) is 4.39 Å². The summed E-state index contributed by atoms with van der Waals surface area (Å²) in [4.78, 5) is 4.12. The van der Waals surface area contributed by atoms with E-state index in [4.69, 9.17) is 4.74 Å². The number of fused-ring (bicyclic) bond motifs is 1. The Labute approximate surface area is 93.3 Å². The molecular formula is C12H13FN2O. The lowest BCUT2D eigenvalue weighted by Gasteiger charge is -2.15. The minimum absolute atomic E-state index is 0.149. The summed E-state index contributed by atoms with van der Waals surface area (Å²) in [5, 5.41) is 3.18. The number of ether oxygens (including phenoxy) is 1. The predicted octanol–water partition coefficient (Wildman–Crippen LogP) is 1.52. The quantitative estimate of drug-likeness (QED) is 0.819. The lowest BCUT2D eigenvalue weighted by atomic mass is 10.0. The van der Waals surface area contributed by atoms with Gasteiger partial charge in [0.05, 0.1) is 18.9 Å². The Morgan fingerprint density at radius 3 is 3.25 bits per heavy atom. The second-order valence-electron chi connectivity index (χ2n) is 4.29. The van der Waals surface area contributed by atoms with Crippen LogP contribution in [-0.2, 0) is 6.42 Å². The summed E-state index contributed by atoms with van der Waals surface area (Å²) in [6.07, 6.45) is 3.60. The van der Waals surface area contributed by atoms with Gasteiger partial charge in [0, 0.05) is 18.4 Å². The van der Waals surface area contributed by atoms with Gasteiger partial charge < -0.3 is 10.1 Å². The van der Waals surface area contributed by atoms with E-state index in [0.29, 0.717) is 6.04 Å². The van der Waals surface area contributed by atoms with Gasteiger partial charge in [0.15, 0.2) is 0 Å². The van der Waals surface area contributed by atoms with Gasteiger partial charge in [-0.15, -0.1) is 0 Å². The number of halogens is 1. The van der Waals surface area contributed by atoms with Crippen molar-refractivity contribution in [2.45, 2.75) is 25.0 Å². The van der Waals surface area contributed by atoms with Crippen molar-refractivity contribution >= 4 is 6.34 Å². The van der Waals surface area contributed by atoms with Crippen molar-refractivity contribution in [1.82, 2.24) is 5.32 Å². The summed E-state index contributed by atoms with van der Waals surface area (Å²) >= 11 is 0. The van der Waals surface area contributed by atoms with Crippen molar-refractivity contribution in [1.29, 1.82) is 0 Å². The lowest BCUT2D eigenvalue weighted by molar-refractivity contribution is 0.209. The first-order valence-electron chi connectivity index (χ1n) is 5.51. The van der Waals surface area contributed by atoms with Crippen molar-refractivity contribution in [2.75, 3.05) is 6.54 Å². The molecule has 0 spiro atoms. The molecule has 84 valence electrons. The van der Waals surface area contributed by atoms with Gasteiger partial charge in [-0.2, -0.15) is 0 Å². The van der Waals surface area contributed by atoms with E-state index < -0.39 is 0 Å². The molecule has 2 unspecified atom stereocenters. The Bertz CT molecular complexity index is 425. The van der Waals surface area contributed by atoms with Gasteiger partial charge in [0.1, 0.15) is 17.7 Å². The Morgan fingerprint density at radius 2 is 2.44 bits per heavy atom. The normalized spacial score (nSPS) is 26.3. The molecule has 1 N–H and O–H groups in total. The Morgan fingerprint density at radius 1 is 1.50 bits per heavy atom. The zero-order valence-corrected chi connectivity index (χ0v) is 8.82. The summed E-state index contributed by atoms with van der Waals surface area (Å²) in [6, 6.07) is 5.08. The molecule has 3 rings (SSSR count). The highest BCUT2D eigenvalue weighted by Crippen LogP contribution is 2.31. The number of rotatable bonds is 2. The number of hydrogen-bond donors (Lipinski definition) is 1. The molecule has 0 saturated heterocycles. The first-order valence-corrected chi connectivity index (χ1v) is 5.51. The second kappa shape index (κ2) is 3.77. The monoisotopic (exact) mass is 220 g/mol. The third kappa shape index (κ3) is 1.75. The van der Waals surface area contributed by atoms with E-state index in [-0.39, 0.29) is 11.9 Å². The van der Waals surface area contributed by atoms with Crippen LogP contribution in [0, 0.1) is 5.82 Å². The largest absolute Gasteiger partial charge is 0.490 e. The minimum Gasteiger partial charge on any atom is -0.490 e. The van der Waals surface area contributed by atoms with Crippen LogP contribution in [0.25, 0.3) is 0 Å². The van der Waals surface area contributed by atoms with Crippen LogP contribution in [0.1, 0.15) is 12.0 Å². The van der Waals surface area contributed by atoms with Crippen LogP contribution in [0.2, 0.25) is 0 Å². The van der Waals surface area contributed by atoms with Gasteiger partial charge in [-0.3, -0.25) is 4.99 Å². The van der Waals surface area contributed by atoms with Crippen LogP contribution >= 0.6 is 0 Å². The lowest BCUT2D eigenvalue weighted by Crippen LogP contribution is -2.31. The van der Waals surface area contributed by atoms with Crippen LogP contribution in [0.3, 0.4) is 0 Å². The summed E-state index contributed by atoms with van der Waals surface area (Å²) in [7, 11) is 0. The highest BCUT2D eigenvalue weighted by Gasteiger charge is 2.26. The number of nitrogens with one attached hydrogen (secondary N) is 1. The molecule has 0 saturated carbocycles. The number of nitrogens with zero attached hydrogens (tertiary/aromatic N) is 1. The van der Waals surface area contributed by atoms with Crippen molar-refractivity contribution in [3.8, 4) is 5.75 Å². The summed E-state index contributed by atoms with van der Waals surface area (Å²) in [5.74, 6) is 0.635. The van der Waals surface area contributed by atoms with E-state index in [1.165, 1.54) is 6.07 Å². The zero-order valence-electron chi connectivity index (χ0n) is 8.82. The van der Waals surface area contributed by atoms with Gasteiger partial charge in [0.2, 0.25) is 0 Å². The molecule has 0 fully saturated rings. The fourth-order valence-corrected chi connectivity index (χ4v) is 2.27. The maximum atomic E-state index is 13.0. The van der Waals surface area contributed by atoms with Crippen molar-refractivity contribution in [3.05, 3.63) is 29.6 Å². The molecule has 2 atom stereocenters. The molecule has 0 radical (unpaired) electrons. The standard InChI is InChI=1S/C12H13FN2O/c13-9-1-2-12-8(3-9)4-11(16-12)5-10-6-14-7-15-10/h1-3,7,10-11H,4-6H2,(H,14,15). The molecule has 3 nitrogen and oxygen atoms in total. The fraction of sp³-hybridized carbons (Fsp3) is 0.417. The Kier molecular flexibility index (Phi) is 2.27. The van der Waals surface area contributed by atoms with Crippen LogP contribution in [0.5, 0.6) is 5.75 Å². The third-order valence-corrected chi connectivity index (χ3v) is 3.04. The van der Waals surface area contributed by atoms with Gasteiger partial charge in [-0.25, -0.2) is 4.39 Å². The molecule has 4 heteroatoms. The summed E-state index contributed by atoms with van der Waals surface area (Å²) < 4.78 is 18.8. The molecule has 0 bridgehead atoms. The molecule has 0 amide bonds. The summed E-state index contributed by atoms with van der Waals surface area (Å²) in [5.41, 5.74) is 0.976. The zero-order chi connectivity index (χ0) is 11.0. The highest BCUT2D eigenvalue weighted by atomic mass is 19.1. The molecule has 2 heterocycles. The Hall–Kier alpha value is -1.58. The average Bonchev–Trinajstić information content (AvgIpc) is 2.86. The topological polar surface area (TPSA) is 33.6 Å². The molecule has 2 aliphatic heterocycles. The number of aliphatic imine (C=N–C) groups is 1. The maximum Gasteiger partial charge on any atom is 0.123 e. The highest BCUT2D eigenvalue weighted by molar-refractivity contribution is 5.57. The van der Waals surface area contributed by atoms with Crippen molar-refractivity contribution in [2.24, 2.45) is 4.99 Å². The van der Waals surface area contributed by atoms with Crippen molar-refractivity contribution < 1.29 is 9.13 Å². The van der Waals surface area contributed by atoms with E-state index in [1.807, 2.05) is 0 Å². The maximum absolute atomic E-state index is 13.0. The summed E-state index contributed by atoms with van der Waals surface area (Å²) in [6.45, 7) is 0.810. The van der Waals surface area contributed by atoms with E-state index in [0.717, 1.165) is 30.7 Å². The van der Waals surface area contributed by atoms with Crippen molar-refractivity contribution in [3.63, 3.8) is 0 Å². The molecule has 0 aliphatic carbocycles. The number of benzene rings is 1. The molecule has 1 aromatic rings. The van der Waals surface area contributed by atoms with Crippen LogP contribution < -0.4 is 10.1 Å². The SMILES string of the molecule is Fc1ccc2c(c1)CC(CC1CN=CN1)O2. The van der Waals surface area contributed by atoms with Crippen LogP contribution in [0.15, 0.2) is 23.2 Å². The van der Waals surface area contributed by atoms with Crippen LogP contribution in [-0.4, -0.2) is 25.0 Å². The predicted molar refractivity (Wildman–Crippen MR) is 59.4 cm³/mol. The Balaban J connectivity index is 1.66. The van der Waals surface area contributed by atoms with Crippen LogP contribution in [0.4, 0.5) is 4.39 Å². The molecule has 0 aromatic heterocycles. The average molecular weight is 220 g/mol.